The van der Waals surface area contributed by atoms with E-state index in [0.29, 0.717) is 49.1 Å². The molecule has 5 nitrogen and oxygen atoms in total. The van der Waals surface area contributed by atoms with Gasteiger partial charge in [-0.25, -0.2) is 0 Å². The van der Waals surface area contributed by atoms with Gasteiger partial charge in [-0.15, -0.1) is 0 Å². The Morgan fingerprint density at radius 3 is 1.48 bits per heavy atom. The van der Waals surface area contributed by atoms with E-state index in [0.717, 1.165) is 21.5 Å². The lowest BCUT2D eigenvalue weighted by molar-refractivity contribution is 0.0765. The zero-order valence-corrected chi connectivity index (χ0v) is 15.7. The van der Waals surface area contributed by atoms with Crippen LogP contribution in [0.4, 0.5) is 0 Å². The Bertz CT molecular complexity index is 1120. The van der Waals surface area contributed by atoms with Gasteiger partial charge in [-0.3, -0.25) is 0 Å². The average Bonchev–Trinajstić information content (AvgIpc) is 2.73. The normalized spacial score (nSPS) is 14.3. The molecule has 0 aromatic heterocycles. The van der Waals surface area contributed by atoms with Gasteiger partial charge in [0.2, 0.25) is 0 Å². The van der Waals surface area contributed by atoms with E-state index in [2.05, 4.69) is 0 Å². The van der Waals surface area contributed by atoms with Gasteiger partial charge in [-0.05, 0) is 57.9 Å². The third kappa shape index (κ3) is 3.19. The molecule has 29 heavy (non-hydrogen) atoms. The zero-order valence-electron chi connectivity index (χ0n) is 15.7. The van der Waals surface area contributed by atoms with Crippen molar-refractivity contribution < 1.29 is 24.4 Å². The van der Waals surface area contributed by atoms with Crippen molar-refractivity contribution in [1.82, 2.24) is 0 Å². The largest absolute Gasteiger partial charge is 0.507 e. The molecule has 0 saturated heterocycles. The molecule has 2 N–H and O–H groups in total. The van der Waals surface area contributed by atoms with Crippen LogP contribution in [-0.4, -0.2) is 36.6 Å². The molecule has 0 spiro atoms. The van der Waals surface area contributed by atoms with Gasteiger partial charge in [-0.2, -0.15) is 0 Å². The molecule has 4 bridgehead atoms. The Labute approximate surface area is 167 Å². The van der Waals surface area contributed by atoms with Crippen LogP contribution >= 0.6 is 0 Å². The number of hydrogen-bond acceptors (Lipinski definition) is 5. The SMILES string of the molecule is Oc1ccc2ccc3cc2c1-c1c(O)ccc2ccc(cc12)OCCOCCO3. The van der Waals surface area contributed by atoms with Gasteiger partial charge in [0.15, 0.2) is 0 Å². The maximum atomic E-state index is 10.8. The summed E-state index contributed by atoms with van der Waals surface area (Å²) in [5.74, 6) is 1.55. The van der Waals surface area contributed by atoms with Crippen molar-refractivity contribution in [2.45, 2.75) is 0 Å². The number of ether oxygens (including phenoxy) is 3. The van der Waals surface area contributed by atoms with Crippen molar-refractivity contribution in [3.05, 3.63) is 60.7 Å². The molecule has 0 aliphatic carbocycles. The molecule has 0 saturated carbocycles. The molecular weight excluding hydrogens is 368 g/mol. The summed E-state index contributed by atoms with van der Waals surface area (Å²) in [5.41, 5.74) is 1.14. The summed E-state index contributed by atoms with van der Waals surface area (Å²) < 4.78 is 17.2. The third-order valence-electron chi connectivity index (χ3n) is 5.18. The van der Waals surface area contributed by atoms with Crippen LogP contribution in [0.5, 0.6) is 23.0 Å². The van der Waals surface area contributed by atoms with Crippen molar-refractivity contribution >= 4 is 21.5 Å². The molecule has 1 aliphatic heterocycles. The summed E-state index contributed by atoms with van der Waals surface area (Å²) in [4.78, 5) is 0. The zero-order chi connectivity index (χ0) is 19.8. The number of benzene rings is 4. The minimum atomic E-state index is 0.0939. The molecule has 146 valence electrons. The number of aromatic hydroxyl groups is 2. The van der Waals surface area contributed by atoms with Crippen LogP contribution in [0.3, 0.4) is 0 Å². The molecule has 0 fully saturated rings. The monoisotopic (exact) mass is 388 g/mol. The fourth-order valence-electron chi connectivity index (χ4n) is 3.82. The predicted octanol–water partition coefficient (Wildman–Crippen LogP) is 4.86. The predicted molar refractivity (Wildman–Crippen MR) is 112 cm³/mol. The van der Waals surface area contributed by atoms with Crippen molar-refractivity contribution in [3.8, 4) is 34.1 Å². The van der Waals surface area contributed by atoms with Gasteiger partial charge in [-0.1, -0.05) is 24.3 Å². The highest BCUT2D eigenvalue weighted by Crippen LogP contribution is 2.45. The summed E-state index contributed by atoms with van der Waals surface area (Å²) in [6.07, 6.45) is 0. The van der Waals surface area contributed by atoms with Gasteiger partial charge >= 0.3 is 0 Å². The van der Waals surface area contributed by atoms with Crippen LogP contribution < -0.4 is 9.47 Å². The Morgan fingerprint density at radius 1 is 0.552 bits per heavy atom. The standard InChI is InChI=1S/C24H20O5/c25-21-7-3-15-1-5-17-13-19(15)23(21)24-20-14-18(29-12-10-27-9-11-28-17)6-2-16(20)4-8-22(24)26/h1-8,13-14,25-26H,9-12H2. The van der Waals surface area contributed by atoms with Crippen molar-refractivity contribution in [3.63, 3.8) is 0 Å². The summed E-state index contributed by atoms with van der Waals surface area (Å²) >= 11 is 0. The van der Waals surface area contributed by atoms with E-state index in [4.69, 9.17) is 14.2 Å². The fraction of sp³-hybridized carbons (Fsp3) is 0.167. The third-order valence-corrected chi connectivity index (χ3v) is 5.18. The second-order valence-corrected chi connectivity index (χ2v) is 6.99. The van der Waals surface area contributed by atoms with E-state index in [1.165, 1.54) is 0 Å². The topological polar surface area (TPSA) is 68.2 Å². The van der Waals surface area contributed by atoms with Gasteiger partial charge in [0.1, 0.15) is 36.2 Å². The molecule has 1 aliphatic rings. The summed E-state index contributed by atoms with van der Waals surface area (Å²) in [5, 5.41) is 25.1. The van der Waals surface area contributed by atoms with Crippen LogP contribution in [0.2, 0.25) is 0 Å². The van der Waals surface area contributed by atoms with Crippen molar-refractivity contribution in [2.24, 2.45) is 0 Å². The van der Waals surface area contributed by atoms with E-state index in [1.54, 1.807) is 12.1 Å². The summed E-state index contributed by atoms with van der Waals surface area (Å²) in [6, 6.07) is 18.5. The minimum absolute atomic E-state index is 0.0939. The van der Waals surface area contributed by atoms with Gasteiger partial charge < -0.3 is 24.4 Å². The molecule has 4 aromatic rings. The number of fused-ring (bicyclic) bond motifs is 3. The highest BCUT2D eigenvalue weighted by atomic mass is 16.5. The smallest absolute Gasteiger partial charge is 0.124 e. The van der Waals surface area contributed by atoms with Gasteiger partial charge in [0.25, 0.3) is 0 Å². The Hall–Kier alpha value is -3.44. The number of phenols is 2. The van der Waals surface area contributed by atoms with Crippen LogP contribution in [0, 0.1) is 0 Å². The molecule has 0 atom stereocenters. The number of hydrogen-bond donors (Lipinski definition) is 2. The van der Waals surface area contributed by atoms with Gasteiger partial charge in [0, 0.05) is 11.1 Å². The fourth-order valence-corrected chi connectivity index (χ4v) is 3.82. The van der Waals surface area contributed by atoms with Crippen molar-refractivity contribution in [2.75, 3.05) is 26.4 Å². The first-order valence-electron chi connectivity index (χ1n) is 9.56. The first-order valence-corrected chi connectivity index (χ1v) is 9.56. The van der Waals surface area contributed by atoms with E-state index in [9.17, 15) is 10.2 Å². The van der Waals surface area contributed by atoms with E-state index in [1.807, 2.05) is 48.5 Å². The second kappa shape index (κ2) is 7.18. The minimum Gasteiger partial charge on any atom is -0.507 e. The summed E-state index contributed by atoms with van der Waals surface area (Å²) in [6.45, 7) is 1.73. The van der Waals surface area contributed by atoms with Crippen LogP contribution in [0.15, 0.2) is 60.7 Å². The lowest BCUT2D eigenvalue weighted by atomic mass is 9.92. The van der Waals surface area contributed by atoms with E-state index in [-0.39, 0.29) is 11.5 Å². The first-order chi connectivity index (χ1) is 14.2. The van der Waals surface area contributed by atoms with E-state index >= 15 is 0 Å². The van der Waals surface area contributed by atoms with Crippen molar-refractivity contribution in [1.29, 1.82) is 0 Å². The molecule has 0 amide bonds. The lowest BCUT2D eigenvalue weighted by Gasteiger charge is -2.15. The summed E-state index contributed by atoms with van der Waals surface area (Å²) in [7, 11) is 0. The maximum absolute atomic E-state index is 10.8. The Morgan fingerprint density at radius 2 is 1.00 bits per heavy atom. The number of rotatable bonds is 0. The quantitative estimate of drug-likeness (QED) is 0.450. The van der Waals surface area contributed by atoms with E-state index < -0.39 is 0 Å². The maximum Gasteiger partial charge on any atom is 0.124 e. The Balaban J connectivity index is 1.85. The first kappa shape index (κ1) is 17.6. The van der Waals surface area contributed by atoms with Crippen LogP contribution in [0.1, 0.15) is 0 Å². The highest BCUT2D eigenvalue weighted by Gasteiger charge is 2.18. The second-order valence-electron chi connectivity index (χ2n) is 6.99. The van der Waals surface area contributed by atoms with Crippen LogP contribution in [0.25, 0.3) is 32.7 Å². The molecule has 4 aromatic carbocycles. The molecule has 1 heterocycles. The Kier molecular flexibility index (Phi) is 4.37. The molecule has 0 unspecified atom stereocenters. The van der Waals surface area contributed by atoms with Crippen LogP contribution in [-0.2, 0) is 4.74 Å². The highest BCUT2D eigenvalue weighted by molar-refractivity contribution is 6.10. The lowest BCUT2D eigenvalue weighted by Crippen LogP contribution is -2.12. The molecule has 0 radical (unpaired) electrons. The van der Waals surface area contributed by atoms with Gasteiger partial charge in [0.05, 0.1) is 13.2 Å². The number of phenolic OH excluding ortho intramolecular Hbond substituents is 2. The molecular formula is C24H20O5. The molecule has 5 heteroatoms. The average molecular weight is 388 g/mol. The molecule has 5 rings (SSSR count).